The predicted molar refractivity (Wildman–Crippen MR) is 80.2 cm³/mol. The molecule has 0 aliphatic carbocycles. The van der Waals surface area contributed by atoms with Crippen LogP contribution in [0.1, 0.15) is 49.5 Å². The Kier molecular flexibility index (Phi) is 3.69. The summed E-state index contributed by atoms with van der Waals surface area (Å²) in [5, 5.41) is -0.146. The molecule has 3 atom stereocenters. The van der Waals surface area contributed by atoms with Crippen molar-refractivity contribution in [3.8, 4) is 0 Å². The van der Waals surface area contributed by atoms with Gasteiger partial charge in [0.25, 0.3) is 0 Å². The molecule has 3 unspecified atom stereocenters. The van der Waals surface area contributed by atoms with Crippen molar-refractivity contribution in [3.63, 3.8) is 0 Å². The molecule has 0 aromatic carbocycles. The molecule has 0 bridgehead atoms. The molecule has 3 heterocycles. The van der Waals surface area contributed by atoms with E-state index in [1.807, 2.05) is 19.2 Å². The minimum absolute atomic E-state index is 0.146. The van der Waals surface area contributed by atoms with Gasteiger partial charge in [-0.05, 0) is 45.2 Å². The van der Waals surface area contributed by atoms with E-state index in [0.29, 0.717) is 0 Å². The number of aromatic nitrogens is 3. The summed E-state index contributed by atoms with van der Waals surface area (Å²) < 4.78 is 8.00. The quantitative estimate of drug-likeness (QED) is 0.809. The zero-order valence-corrected chi connectivity index (χ0v) is 12.9. The maximum atomic E-state index is 6.33. The lowest BCUT2D eigenvalue weighted by molar-refractivity contribution is 0.0734. The Morgan fingerprint density at radius 2 is 2.25 bits per heavy atom. The van der Waals surface area contributed by atoms with Crippen molar-refractivity contribution in [2.24, 2.45) is 0 Å². The van der Waals surface area contributed by atoms with E-state index in [1.54, 1.807) is 0 Å². The lowest BCUT2D eigenvalue weighted by Gasteiger charge is -2.23. The van der Waals surface area contributed by atoms with Crippen LogP contribution >= 0.6 is 11.6 Å². The Labute approximate surface area is 124 Å². The van der Waals surface area contributed by atoms with E-state index < -0.39 is 0 Å². The molecule has 0 spiro atoms. The van der Waals surface area contributed by atoms with E-state index >= 15 is 0 Å². The molecule has 0 N–H and O–H groups in total. The summed E-state index contributed by atoms with van der Waals surface area (Å²) in [4.78, 5) is 9.24. The maximum absolute atomic E-state index is 6.33. The number of pyridine rings is 1. The first kappa shape index (κ1) is 13.8. The number of nitrogens with zero attached hydrogens (tertiary/aromatic N) is 3. The van der Waals surface area contributed by atoms with Gasteiger partial charge in [-0.2, -0.15) is 0 Å². The van der Waals surface area contributed by atoms with E-state index in [0.717, 1.165) is 42.0 Å². The van der Waals surface area contributed by atoms with E-state index in [-0.39, 0.29) is 17.5 Å². The van der Waals surface area contributed by atoms with Crippen molar-refractivity contribution in [2.45, 2.75) is 51.1 Å². The summed E-state index contributed by atoms with van der Waals surface area (Å²) >= 11 is 6.33. The van der Waals surface area contributed by atoms with Crippen molar-refractivity contribution >= 4 is 22.8 Å². The Morgan fingerprint density at radius 3 is 2.90 bits per heavy atom. The summed E-state index contributed by atoms with van der Waals surface area (Å²) in [5.41, 5.74) is 2.99. The third-order valence-corrected chi connectivity index (χ3v) is 4.27. The van der Waals surface area contributed by atoms with Gasteiger partial charge in [-0.15, -0.1) is 11.6 Å². The van der Waals surface area contributed by atoms with Crippen LogP contribution in [0.4, 0.5) is 0 Å². The zero-order chi connectivity index (χ0) is 14.3. The predicted octanol–water partition coefficient (Wildman–Crippen LogP) is 3.78. The molecule has 0 amide bonds. The topological polar surface area (TPSA) is 39.9 Å². The number of ether oxygens (including phenoxy) is 1. The van der Waals surface area contributed by atoms with Crippen LogP contribution in [0.2, 0.25) is 0 Å². The highest BCUT2D eigenvalue weighted by atomic mass is 35.5. The Balaban J connectivity index is 2.15. The number of halogens is 1. The molecule has 5 heteroatoms. The van der Waals surface area contributed by atoms with Gasteiger partial charge in [0.2, 0.25) is 0 Å². The summed E-state index contributed by atoms with van der Waals surface area (Å²) in [5.74, 6) is 0.881. The van der Waals surface area contributed by atoms with E-state index in [2.05, 4.69) is 23.4 Å². The van der Waals surface area contributed by atoms with E-state index in [9.17, 15) is 0 Å². The van der Waals surface area contributed by atoms with Crippen LogP contribution in [0.15, 0.2) is 12.3 Å². The molecule has 4 nitrogen and oxygen atoms in total. The highest BCUT2D eigenvalue weighted by molar-refractivity contribution is 6.20. The minimum atomic E-state index is -0.146. The van der Waals surface area contributed by atoms with Crippen LogP contribution in [-0.2, 0) is 4.74 Å². The Hall–Kier alpha value is -1.13. The van der Waals surface area contributed by atoms with Gasteiger partial charge in [0.05, 0.1) is 17.5 Å². The fourth-order valence-corrected chi connectivity index (χ4v) is 3.11. The smallest absolute Gasteiger partial charge is 0.160 e. The molecule has 20 heavy (non-hydrogen) atoms. The molecule has 2 aromatic rings. The molecular weight excluding hydrogens is 274 g/mol. The molecule has 108 valence electrons. The monoisotopic (exact) mass is 293 g/mol. The molecular formula is C15H20ClN3O. The number of alkyl halides is 1. The van der Waals surface area contributed by atoms with Gasteiger partial charge in [0.1, 0.15) is 11.3 Å². The van der Waals surface area contributed by atoms with Gasteiger partial charge in [-0.1, -0.05) is 0 Å². The minimum Gasteiger partial charge on any atom is -0.376 e. The normalized spacial score (nSPS) is 22.3. The first-order valence-electron chi connectivity index (χ1n) is 7.18. The van der Waals surface area contributed by atoms with Crippen LogP contribution in [-0.4, -0.2) is 27.2 Å². The van der Waals surface area contributed by atoms with Crippen LogP contribution in [0, 0.1) is 6.92 Å². The van der Waals surface area contributed by atoms with Crippen molar-refractivity contribution in [1.29, 1.82) is 0 Å². The largest absolute Gasteiger partial charge is 0.376 e. The van der Waals surface area contributed by atoms with Crippen LogP contribution in [0.5, 0.6) is 0 Å². The van der Waals surface area contributed by atoms with Gasteiger partial charge in [-0.25, -0.2) is 9.97 Å². The third-order valence-electron chi connectivity index (χ3n) is 4.07. The van der Waals surface area contributed by atoms with Gasteiger partial charge < -0.3 is 9.30 Å². The number of hydrogen-bond donors (Lipinski definition) is 0. The third kappa shape index (κ3) is 2.21. The average Bonchev–Trinajstić information content (AvgIpc) is 3.06. The van der Waals surface area contributed by atoms with Gasteiger partial charge in [-0.3, -0.25) is 0 Å². The SMILES string of the molecule is Cc1ccnc2c1nc(C(C)Cl)n2C(C)C1CCCO1. The Bertz CT molecular complexity index is 617. The first-order valence-corrected chi connectivity index (χ1v) is 7.62. The fourth-order valence-electron chi connectivity index (χ4n) is 2.96. The molecule has 0 radical (unpaired) electrons. The van der Waals surface area contributed by atoms with Gasteiger partial charge >= 0.3 is 0 Å². The summed E-state index contributed by atoms with van der Waals surface area (Å²) in [6, 6.07) is 2.19. The molecule has 3 rings (SSSR count). The van der Waals surface area contributed by atoms with Crippen LogP contribution in [0.25, 0.3) is 11.2 Å². The highest BCUT2D eigenvalue weighted by Crippen LogP contribution is 2.32. The maximum Gasteiger partial charge on any atom is 0.160 e. The summed E-state index contributed by atoms with van der Waals surface area (Å²) in [6.45, 7) is 7.03. The second-order valence-electron chi connectivity index (χ2n) is 5.55. The average molecular weight is 294 g/mol. The van der Waals surface area contributed by atoms with Crippen LogP contribution < -0.4 is 0 Å². The number of imidazole rings is 1. The summed E-state index contributed by atoms with van der Waals surface area (Å²) in [6.07, 6.45) is 4.27. The fraction of sp³-hybridized carbons (Fsp3) is 0.600. The summed E-state index contributed by atoms with van der Waals surface area (Å²) in [7, 11) is 0. The molecule has 1 fully saturated rings. The number of rotatable bonds is 3. The second-order valence-corrected chi connectivity index (χ2v) is 6.20. The number of hydrogen-bond acceptors (Lipinski definition) is 3. The van der Waals surface area contributed by atoms with Crippen LogP contribution in [0.3, 0.4) is 0 Å². The molecule has 1 aliphatic rings. The second kappa shape index (κ2) is 5.34. The van der Waals surface area contributed by atoms with Crippen molar-refractivity contribution < 1.29 is 4.74 Å². The van der Waals surface area contributed by atoms with Gasteiger partial charge in [0, 0.05) is 12.8 Å². The zero-order valence-electron chi connectivity index (χ0n) is 12.1. The Morgan fingerprint density at radius 1 is 1.45 bits per heavy atom. The highest BCUT2D eigenvalue weighted by Gasteiger charge is 2.28. The van der Waals surface area contributed by atoms with Gasteiger partial charge in [0.15, 0.2) is 5.65 Å². The van der Waals surface area contributed by atoms with E-state index in [1.165, 1.54) is 0 Å². The first-order chi connectivity index (χ1) is 9.59. The standard InChI is InChI=1S/C15H20ClN3O/c1-9-6-7-17-15-13(9)18-14(10(2)16)19(15)11(3)12-5-4-8-20-12/h6-7,10-12H,4-5,8H2,1-3H3. The van der Waals surface area contributed by atoms with E-state index in [4.69, 9.17) is 21.3 Å². The number of aryl methyl sites for hydroxylation is 1. The molecule has 0 saturated carbocycles. The van der Waals surface area contributed by atoms with Crippen molar-refractivity contribution in [1.82, 2.24) is 14.5 Å². The lowest BCUT2D eigenvalue weighted by Crippen LogP contribution is -2.23. The van der Waals surface area contributed by atoms with Crippen molar-refractivity contribution in [3.05, 3.63) is 23.7 Å². The van der Waals surface area contributed by atoms with Crippen molar-refractivity contribution in [2.75, 3.05) is 6.61 Å². The molecule has 1 saturated heterocycles. The molecule has 2 aromatic heterocycles. The lowest BCUT2D eigenvalue weighted by atomic mass is 10.1. The molecule has 1 aliphatic heterocycles. The number of fused-ring (bicyclic) bond motifs is 1.